The van der Waals surface area contributed by atoms with Crippen LogP contribution in [0.2, 0.25) is 0 Å². The van der Waals surface area contributed by atoms with Crippen LogP contribution in [0.25, 0.3) is 0 Å². The molecule has 0 aliphatic rings. The van der Waals surface area contributed by atoms with E-state index in [1.54, 1.807) is 6.07 Å². The molecule has 0 saturated heterocycles. The molecule has 0 fully saturated rings. The first-order chi connectivity index (χ1) is 10.9. The monoisotopic (exact) mass is 330 g/mol. The average molecular weight is 330 g/mol. The molecule has 2 N–H and O–H groups in total. The molecule has 2 aromatic rings. The second-order valence-corrected chi connectivity index (χ2v) is 6.24. The lowest BCUT2D eigenvalue weighted by Gasteiger charge is -2.12. The van der Waals surface area contributed by atoms with Gasteiger partial charge in [-0.1, -0.05) is 29.5 Å². The van der Waals surface area contributed by atoms with Crippen LogP contribution in [0.1, 0.15) is 27.0 Å². The van der Waals surface area contributed by atoms with Gasteiger partial charge in [0.15, 0.2) is 0 Å². The molecule has 5 nitrogen and oxygen atoms in total. The molecule has 0 aliphatic heterocycles. The molecular weight excluding hydrogens is 312 g/mol. The van der Waals surface area contributed by atoms with Gasteiger partial charge in [0.05, 0.1) is 11.3 Å². The number of aromatic nitrogens is 1. The second kappa shape index (κ2) is 7.28. The van der Waals surface area contributed by atoms with Crippen molar-refractivity contribution in [3.8, 4) is 0 Å². The highest BCUT2D eigenvalue weighted by molar-refractivity contribution is 8.00. The largest absolute Gasteiger partial charge is 0.478 e. The van der Waals surface area contributed by atoms with Crippen molar-refractivity contribution in [1.29, 1.82) is 0 Å². The minimum absolute atomic E-state index is 0.101. The Morgan fingerprint density at radius 3 is 2.48 bits per heavy atom. The van der Waals surface area contributed by atoms with Crippen LogP contribution in [0.4, 0.5) is 5.69 Å². The maximum atomic E-state index is 12.1. The van der Waals surface area contributed by atoms with Gasteiger partial charge >= 0.3 is 5.97 Å². The molecule has 0 bridgehead atoms. The SMILES string of the molecule is Cc1cc(C)c(NC(=O)CSc2ncccc2C(=O)O)c(C)c1. The van der Waals surface area contributed by atoms with Crippen LogP contribution in [0.15, 0.2) is 35.5 Å². The van der Waals surface area contributed by atoms with Crippen LogP contribution >= 0.6 is 11.8 Å². The van der Waals surface area contributed by atoms with E-state index in [2.05, 4.69) is 10.3 Å². The zero-order chi connectivity index (χ0) is 17.0. The standard InChI is InChI=1S/C17H18N2O3S/c1-10-7-11(2)15(12(3)8-10)19-14(20)9-23-16-13(17(21)22)5-4-6-18-16/h4-8H,9H2,1-3H3,(H,19,20)(H,21,22). The summed E-state index contributed by atoms with van der Waals surface area (Å²) in [6.07, 6.45) is 1.51. The molecule has 0 unspecified atom stereocenters. The lowest BCUT2D eigenvalue weighted by molar-refractivity contribution is -0.113. The summed E-state index contributed by atoms with van der Waals surface area (Å²) >= 11 is 1.11. The summed E-state index contributed by atoms with van der Waals surface area (Å²) in [6, 6.07) is 7.06. The number of aryl methyl sites for hydroxylation is 3. The Morgan fingerprint density at radius 2 is 1.87 bits per heavy atom. The molecule has 0 spiro atoms. The van der Waals surface area contributed by atoms with Gasteiger partial charge in [-0.25, -0.2) is 9.78 Å². The van der Waals surface area contributed by atoms with Crippen LogP contribution in [-0.2, 0) is 4.79 Å². The average Bonchev–Trinajstić information content (AvgIpc) is 2.49. The Kier molecular flexibility index (Phi) is 5.39. The zero-order valence-electron chi connectivity index (χ0n) is 13.2. The number of carboxylic acids is 1. The van der Waals surface area contributed by atoms with Gasteiger partial charge in [0.1, 0.15) is 5.03 Å². The predicted molar refractivity (Wildman–Crippen MR) is 91.2 cm³/mol. The topological polar surface area (TPSA) is 79.3 Å². The van der Waals surface area contributed by atoms with Gasteiger partial charge in [0.2, 0.25) is 5.91 Å². The van der Waals surface area contributed by atoms with Crippen LogP contribution in [-0.4, -0.2) is 27.7 Å². The number of nitrogens with zero attached hydrogens (tertiary/aromatic N) is 1. The number of anilines is 1. The number of thioether (sulfide) groups is 1. The third-order valence-electron chi connectivity index (χ3n) is 3.28. The third-order valence-corrected chi connectivity index (χ3v) is 4.29. The number of aromatic carboxylic acids is 1. The summed E-state index contributed by atoms with van der Waals surface area (Å²) in [5.41, 5.74) is 4.07. The van der Waals surface area contributed by atoms with Gasteiger partial charge in [-0.3, -0.25) is 4.79 Å². The number of nitrogens with one attached hydrogen (secondary N) is 1. The van der Waals surface area contributed by atoms with Crippen molar-refractivity contribution in [2.24, 2.45) is 0 Å². The first kappa shape index (κ1) is 17.0. The van der Waals surface area contributed by atoms with E-state index in [4.69, 9.17) is 5.11 Å². The van der Waals surface area contributed by atoms with Gasteiger partial charge in [-0.2, -0.15) is 0 Å². The smallest absolute Gasteiger partial charge is 0.338 e. The van der Waals surface area contributed by atoms with Gasteiger partial charge in [0.25, 0.3) is 0 Å². The van der Waals surface area contributed by atoms with E-state index < -0.39 is 5.97 Å². The zero-order valence-corrected chi connectivity index (χ0v) is 14.0. The Bertz CT molecular complexity index is 736. The minimum atomic E-state index is -1.05. The van der Waals surface area contributed by atoms with Crippen molar-refractivity contribution < 1.29 is 14.7 Å². The number of amides is 1. The van der Waals surface area contributed by atoms with E-state index in [-0.39, 0.29) is 17.2 Å². The fraction of sp³-hybridized carbons (Fsp3) is 0.235. The van der Waals surface area contributed by atoms with Crippen molar-refractivity contribution >= 4 is 29.3 Å². The first-order valence-corrected chi connectivity index (χ1v) is 8.06. The highest BCUT2D eigenvalue weighted by atomic mass is 32.2. The van der Waals surface area contributed by atoms with E-state index in [1.165, 1.54) is 12.3 Å². The number of hydrogen-bond donors (Lipinski definition) is 2. The van der Waals surface area contributed by atoms with Crippen molar-refractivity contribution in [2.75, 3.05) is 11.1 Å². The maximum Gasteiger partial charge on any atom is 0.338 e. The molecule has 23 heavy (non-hydrogen) atoms. The molecule has 0 radical (unpaired) electrons. The fourth-order valence-corrected chi connectivity index (χ4v) is 3.14. The summed E-state index contributed by atoms with van der Waals surface area (Å²) in [5.74, 6) is -1.14. The fourth-order valence-electron chi connectivity index (χ4n) is 2.36. The van der Waals surface area contributed by atoms with Crippen molar-refractivity contribution in [3.63, 3.8) is 0 Å². The molecule has 1 aromatic carbocycles. The molecule has 6 heteroatoms. The quantitative estimate of drug-likeness (QED) is 0.821. The predicted octanol–water partition coefficient (Wildman–Crippen LogP) is 3.44. The molecule has 1 amide bonds. The number of carboxylic acid groups (broad SMARTS) is 1. The van der Waals surface area contributed by atoms with E-state index in [0.717, 1.165) is 34.1 Å². The van der Waals surface area contributed by atoms with Crippen LogP contribution < -0.4 is 5.32 Å². The summed E-state index contributed by atoms with van der Waals surface area (Å²) in [6.45, 7) is 5.91. The van der Waals surface area contributed by atoms with E-state index in [9.17, 15) is 9.59 Å². The Morgan fingerprint density at radius 1 is 1.22 bits per heavy atom. The Hall–Kier alpha value is -2.34. The van der Waals surface area contributed by atoms with Crippen LogP contribution in [0, 0.1) is 20.8 Å². The number of hydrogen-bond acceptors (Lipinski definition) is 4. The van der Waals surface area contributed by atoms with Crippen LogP contribution in [0.3, 0.4) is 0 Å². The van der Waals surface area contributed by atoms with Crippen LogP contribution in [0.5, 0.6) is 0 Å². The third kappa shape index (κ3) is 4.32. The summed E-state index contributed by atoms with van der Waals surface area (Å²) in [4.78, 5) is 27.3. The second-order valence-electron chi connectivity index (χ2n) is 5.27. The van der Waals surface area contributed by atoms with Crippen molar-refractivity contribution in [1.82, 2.24) is 4.98 Å². The van der Waals surface area contributed by atoms with Gasteiger partial charge in [0, 0.05) is 11.9 Å². The summed E-state index contributed by atoms with van der Waals surface area (Å²) in [5, 5.41) is 12.3. The summed E-state index contributed by atoms with van der Waals surface area (Å²) < 4.78 is 0. The lowest BCUT2D eigenvalue weighted by Crippen LogP contribution is -2.16. The highest BCUT2D eigenvalue weighted by Gasteiger charge is 2.14. The molecule has 0 aliphatic carbocycles. The summed E-state index contributed by atoms with van der Waals surface area (Å²) in [7, 11) is 0. The van der Waals surface area contributed by atoms with Crippen molar-refractivity contribution in [2.45, 2.75) is 25.8 Å². The highest BCUT2D eigenvalue weighted by Crippen LogP contribution is 2.24. The molecule has 1 heterocycles. The molecule has 2 rings (SSSR count). The maximum absolute atomic E-state index is 12.1. The minimum Gasteiger partial charge on any atom is -0.478 e. The number of rotatable bonds is 5. The molecule has 1 aromatic heterocycles. The first-order valence-electron chi connectivity index (χ1n) is 7.07. The Balaban J connectivity index is 2.06. The molecule has 0 atom stereocenters. The van der Waals surface area contributed by atoms with Gasteiger partial charge in [-0.05, 0) is 44.0 Å². The molecule has 120 valence electrons. The Labute approximate surface area is 139 Å². The number of pyridine rings is 1. The van der Waals surface area contributed by atoms with E-state index in [1.807, 2.05) is 32.9 Å². The molecule has 0 saturated carbocycles. The van der Waals surface area contributed by atoms with Crippen molar-refractivity contribution in [3.05, 3.63) is 52.7 Å². The normalized spacial score (nSPS) is 10.4. The molecular formula is C17H18N2O3S. The number of carbonyl (C=O) groups excluding carboxylic acids is 1. The van der Waals surface area contributed by atoms with Gasteiger partial charge in [-0.15, -0.1) is 0 Å². The number of benzene rings is 1. The lowest BCUT2D eigenvalue weighted by atomic mass is 10.1. The van der Waals surface area contributed by atoms with Gasteiger partial charge < -0.3 is 10.4 Å². The van der Waals surface area contributed by atoms with E-state index >= 15 is 0 Å². The van der Waals surface area contributed by atoms with E-state index in [0.29, 0.717) is 5.03 Å². The number of carbonyl (C=O) groups is 2.